The fourth-order valence-electron chi connectivity index (χ4n) is 1.85. The van der Waals surface area contributed by atoms with Crippen molar-refractivity contribution in [3.8, 4) is 0 Å². The van der Waals surface area contributed by atoms with E-state index in [1.165, 1.54) is 0 Å². The van der Waals surface area contributed by atoms with E-state index in [1.54, 1.807) is 13.8 Å². The second-order valence-corrected chi connectivity index (χ2v) is 5.37. The number of aromatic nitrogens is 1. The third kappa shape index (κ3) is 2.84. The number of carboxylic acid groups (broad SMARTS) is 1. The van der Waals surface area contributed by atoms with Crippen LogP contribution < -0.4 is 5.32 Å². The van der Waals surface area contributed by atoms with Crippen molar-refractivity contribution in [1.82, 2.24) is 4.98 Å². The number of fused-ring (bicyclic) bond motifs is 1. The fraction of sp³-hybridized carbons (Fsp3) is 0.333. The average molecular weight is 258 g/mol. The summed E-state index contributed by atoms with van der Waals surface area (Å²) >= 11 is 0. The number of hydrogen-bond acceptors (Lipinski definition) is 3. The van der Waals surface area contributed by atoms with Crippen LogP contribution in [0.4, 0.5) is 5.69 Å². The molecular formula is C15H18N2O2. The molecule has 2 aromatic rings. The van der Waals surface area contributed by atoms with Gasteiger partial charge in [0.25, 0.3) is 0 Å². The van der Waals surface area contributed by atoms with Gasteiger partial charge in [-0.2, -0.15) is 0 Å². The van der Waals surface area contributed by atoms with Crippen molar-refractivity contribution in [1.29, 1.82) is 0 Å². The molecule has 2 N–H and O–H groups in total. The number of carboxylic acids is 1. The number of rotatable bonds is 4. The highest BCUT2D eigenvalue weighted by Gasteiger charge is 2.26. The molecule has 0 amide bonds. The van der Waals surface area contributed by atoms with E-state index in [1.807, 2.05) is 37.3 Å². The number of hydrogen-bond donors (Lipinski definition) is 2. The van der Waals surface area contributed by atoms with Crippen molar-refractivity contribution in [2.45, 2.75) is 20.8 Å². The molecule has 0 bridgehead atoms. The summed E-state index contributed by atoms with van der Waals surface area (Å²) < 4.78 is 0. The third-order valence-corrected chi connectivity index (χ3v) is 3.14. The number of nitrogens with one attached hydrogen (secondary N) is 1. The van der Waals surface area contributed by atoms with E-state index >= 15 is 0 Å². The van der Waals surface area contributed by atoms with E-state index < -0.39 is 11.4 Å². The maximum absolute atomic E-state index is 11.1. The lowest BCUT2D eigenvalue weighted by molar-refractivity contribution is -0.146. The number of para-hydroxylation sites is 1. The molecule has 0 unspecified atom stereocenters. The molecule has 19 heavy (non-hydrogen) atoms. The second-order valence-electron chi connectivity index (χ2n) is 5.37. The molecule has 0 radical (unpaired) electrons. The van der Waals surface area contributed by atoms with E-state index in [2.05, 4.69) is 10.3 Å². The number of anilines is 1. The lowest BCUT2D eigenvalue weighted by atomic mass is 9.93. The molecular weight excluding hydrogens is 240 g/mol. The molecule has 0 aliphatic heterocycles. The van der Waals surface area contributed by atoms with E-state index in [-0.39, 0.29) is 0 Å². The molecule has 0 aliphatic carbocycles. The van der Waals surface area contributed by atoms with Gasteiger partial charge in [-0.05, 0) is 32.9 Å². The Morgan fingerprint density at radius 2 is 2.05 bits per heavy atom. The van der Waals surface area contributed by atoms with Crippen LogP contribution in [0.2, 0.25) is 0 Å². The number of pyridine rings is 1. The Balaban J connectivity index is 2.33. The molecule has 0 saturated carbocycles. The van der Waals surface area contributed by atoms with Gasteiger partial charge >= 0.3 is 5.97 Å². The predicted octanol–water partition coefficient (Wildman–Crippen LogP) is 3.07. The first-order valence-electron chi connectivity index (χ1n) is 6.24. The Morgan fingerprint density at radius 3 is 2.74 bits per heavy atom. The molecule has 4 heteroatoms. The van der Waals surface area contributed by atoms with Crippen LogP contribution in [0.1, 0.15) is 19.5 Å². The highest BCUT2D eigenvalue weighted by Crippen LogP contribution is 2.24. The summed E-state index contributed by atoms with van der Waals surface area (Å²) in [5.74, 6) is -0.810. The fourth-order valence-corrected chi connectivity index (χ4v) is 1.85. The van der Waals surface area contributed by atoms with Crippen LogP contribution in [0.3, 0.4) is 0 Å². The summed E-state index contributed by atoms with van der Waals surface area (Å²) in [4.78, 5) is 15.6. The number of nitrogens with zero attached hydrogens (tertiary/aromatic N) is 1. The zero-order valence-corrected chi connectivity index (χ0v) is 11.4. The summed E-state index contributed by atoms with van der Waals surface area (Å²) in [6.45, 7) is 5.72. The molecule has 1 aromatic carbocycles. The summed E-state index contributed by atoms with van der Waals surface area (Å²) in [5, 5.41) is 13.4. The second kappa shape index (κ2) is 4.88. The molecule has 0 fully saturated rings. The van der Waals surface area contributed by atoms with Gasteiger partial charge in [0.2, 0.25) is 0 Å². The van der Waals surface area contributed by atoms with Crippen LogP contribution in [-0.2, 0) is 4.79 Å². The lowest BCUT2D eigenvalue weighted by Crippen LogP contribution is -2.31. The Bertz CT molecular complexity index is 621. The molecule has 2 rings (SSSR count). The first-order chi connectivity index (χ1) is 8.90. The van der Waals surface area contributed by atoms with E-state index in [0.717, 1.165) is 22.3 Å². The van der Waals surface area contributed by atoms with Crippen molar-refractivity contribution < 1.29 is 9.90 Å². The Morgan fingerprint density at radius 1 is 1.37 bits per heavy atom. The van der Waals surface area contributed by atoms with Crippen LogP contribution in [0.5, 0.6) is 0 Å². The normalized spacial score (nSPS) is 11.5. The van der Waals surface area contributed by atoms with Crippen molar-refractivity contribution in [2.75, 3.05) is 11.9 Å². The number of carbonyl (C=O) groups is 1. The SMILES string of the molecule is Cc1cc(NCC(C)(C)C(=O)O)c2ccccc2n1. The number of aryl methyl sites for hydroxylation is 1. The molecule has 0 aliphatic rings. The lowest BCUT2D eigenvalue weighted by Gasteiger charge is -2.21. The summed E-state index contributed by atoms with van der Waals surface area (Å²) in [7, 11) is 0. The zero-order valence-electron chi connectivity index (χ0n) is 11.4. The van der Waals surface area contributed by atoms with Gasteiger partial charge in [0.1, 0.15) is 0 Å². The minimum Gasteiger partial charge on any atom is -0.481 e. The molecule has 100 valence electrons. The predicted molar refractivity (Wildman–Crippen MR) is 76.4 cm³/mol. The van der Waals surface area contributed by atoms with E-state index in [0.29, 0.717) is 6.54 Å². The molecule has 0 atom stereocenters. The minimum atomic E-state index is -0.810. The van der Waals surface area contributed by atoms with Gasteiger partial charge < -0.3 is 10.4 Å². The van der Waals surface area contributed by atoms with Crippen LogP contribution >= 0.6 is 0 Å². The highest BCUT2D eigenvalue weighted by atomic mass is 16.4. The molecule has 4 nitrogen and oxygen atoms in total. The smallest absolute Gasteiger partial charge is 0.310 e. The Labute approximate surface area is 112 Å². The van der Waals surface area contributed by atoms with Crippen LogP contribution in [-0.4, -0.2) is 22.6 Å². The summed E-state index contributed by atoms with van der Waals surface area (Å²) in [6.07, 6.45) is 0. The molecule has 1 aromatic heterocycles. The Hall–Kier alpha value is -2.10. The van der Waals surface area contributed by atoms with Crippen molar-refractivity contribution in [2.24, 2.45) is 5.41 Å². The van der Waals surface area contributed by atoms with Gasteiger partial charge in [0.15, 0.2) is 0 Å². The summed E-state index contributed by atoms with van der Waals surface area (Å²) in [6, 6.07) is 9.78. The van der Waals surface area contributed by atoms with Gasteiger partial charge in [0, 0.05) is 23.3 Å². The van der Waals surface area contributed by atoms with E-state index in [4.69, 9.17) is 5.11 Å². The molecule has 0 spiro atoms. The number of aliphatic carboxylic acids is 1. The first kappa shape index (κ1) is 13.3. The average Bonchev–Trinajstić information content (AvgIpc) is 2.35. The topological polar surface area (TPSA) is 62.2 Å². The Kier molecular flexibility index (Phi) is 3.42. The monoisotopic (exact) mass is 258 g/mol. The zero-order chi connectivity index (χ0) is 14.0. The van der Waals surface area contributed by atoms with Crippen molar-refractivity contribution >= 4 is 22.6 Å². The molecule has 1 heterocycles. The van der Waals surface area contributed by atoms with Crippen LogP contribution in [0, 0.1) is 12.3 Å². The van der Waals surface area contributed by atoms with Crippen LogP contribution in [0.25, 0.3) is 10.9 Å². The maximum atomic E-state index is 11.1. The third-order valence-electron chi connectivity index (χ3n) is 3.14. The highest BCUT2D eigenvalue weighted by molar-refractivity contribution is 5.91. The summed E-state index contributed by atoms with van der Waals surface area (Å²) in [5.41, 5.74) is 1.95. The van der Waals surface area contributed by atoms with Crippen molar-refractivity contribution in [3.05, 3.63) is 36.0 Å². The van der Waals surface area contributed by atoms with Gasteiger partial charge in [0.05, 0.1) is 10.9 Å². The quantitative estimate of drug-likeness (QED) is 0.884. The van der Waals surface area contributed by atoms with E-state index in [9.17, 15) is 4.79 Å². The van der Waals surface area contributed by atoms with Crippen molar-refractivity contribution in [3.63, 3.8) is 0 Å². The largest absolute Gasteiger partial charge is 0.481 e. The van der Waals surface area contributed by atoms with Gasteiger partial charge in [-0.1, -0.05) is 18.2 Å². The first-order valence-corrected chi connectivity index (χ1v) is 6.24. The van der Waals surface area contributed by atoms with Gasteiger partial charge in [-0.15, -0.1) is 0 Å². The number of benzene rings is 1. The van der Waals surface area contributed by atoms with Gasteiger partial charge in [-0.25, -0.2) is 0 Å². The minimum absolute atomic E-state index is 0.371. The maximum Gasteiger partial charge on any atom is 0.310 e. The molecule has 0 saturated heterocycles. The van der Waals surface area contributed by atoms with Crippen LogP contribution in [0.15, 0.2) is 30.3 Å². The van der Waals surface area contributed by atoms with Gasteiger partial charge in [-0.3, -0.25) is 9.78 Å². The standard InChI is InChI=1S/C15H18N2O2/c1-10-8-13(16-9-15(2,3)14(18)19)11-6-4-5-7-12(11)17-10/h4-8H,9H2,1-3H3,(H,16,17)(H,18,19).